The van der Waals surface area contributed by atoms with Gasteiger partial charge in [-0.1, -0.05) is 22.9 Å². The van der Waals surface area contributed by atoms with Crippen molar-refractivity contribution in [2.45, 2.75) is 18.2 Å². The maximum atomic E-state index is 10.3. The standard InChI is InChI=1S/C4H8BrNO2/c1-2-3(5)4(7)8-6/h3H,2,6H2,1H3. The fourth-order valence-corrected chi connectivity index (χ4v) is 0.348. The Labute approximate surface area is 56.3 Å². The van der Waals surface area contributed by atoms with E-state index in [0.29, 0.717) is 6.42 Å². The molecule has 0 aliphatic rings. The van der Waals surface area contributed by atoms with Gasteiger partial charge in [-0.05, 0) is 6.42 Å². The lowest BCUT2D eigenvalue weighted by atomic mass is 10.3. The fraction of sp³-hybridized carbons (Fsp3) is 0.750. The van der Waals surface area contributed by atoms with E-state index in [1.807, 2.05) is 6.92 Å². The smallest absolute Gasteiger partial charge is 0.338 e. The average molecular weight is 182 g/mol. The molecule has 0 saturated carbocycles. The van der Waals surface area contributed by atoms with Crippen molar-refractivity contribution >= 4 is 21.9 Å². The van der Waals surface area contributed by atoms with E-state index >= 15 is 0 Å². The predicted molar refractivity (Wildman–Crippen MR) is 33.3 cm³/mol. The first-order valence-corrected chi connectivity index (χ1v) is 3.18. The molecule has 0 aliphatic carbocycles. The number of halogens is 1. The molecule has 0 aromatic heterocycles. The highest BCUT2D eigenvalue weighted by atomic mass is 79.9. The number of rotatable bonds is 2. The number of nitrogens with two attached hydrogens (primary N) is 1. The zero-order valence-electron chi connectivity index (χ0n) is 4.56. The zero-order chi connectivity index (χ0) is 6.57. The Hall–Kier alpha value is -0.0900. The second kappa shape index (κ2) is 3.86. The van der Waals surface area contributed by atoms with Gasteiger partial charge >= 0.3 is 5.97 Å². The first-order chi connectivity index (χ1) is 3.72. The summed E-state index contributed by atoms with van der Waals surface area (Å²) in [5.74, 6) is 4.15. The molecule has 48 valence electrons. The molecule has 0 aromatic carbocycles. The van der Waals surface area contributed by atoms with Crippen LogP contribution in [-0.2, 0) is 9.63 Å². The van der Waals surface area contributed by atoms with Crippen molar-refractivity contribution in [2.24, 2.45) is 5.90 Å². The predicted octanol–water partition coefficient (Wildman–Crippen LogP) is 0.577. The van der Waals surface area contributed by atoms with Gasteiger partial charge < -0.3 is 4.84 Å². The van der Waals surface area contributed by atoms with Gasteiger partial charge in [-0.3, -0.25) is 0 Å². The molecule has 3 nitrogen and oxygen atoms in total. The molecule has 2 N–H and O–H groups in total. The van der Waals surface area contributed by atoms with Gasteiger partial charge in [-0.2, -0.15) is 5.90 Å². The minimum atomic E-state index is -0.424. The van der Waals surface area contributed by atoms with Crippen LogP contribution in [0.2, 0.25) is 0 Å². The van der Waals surface area contributed by atoms with Gasteiger partial charge in [0.05, 0.1) is 0 Å². The highest BCUT2D eigenvalue weighted by Gasteiger charge is 2.11. The number of carbonyl (C=O) groups is 1. The molecule has 0 saturated heterocycles. The van der Waals surface area contributed by atoms with Crippen LogP contribution in [0.3, 0.4) is 0 Å². The van der Waals surface area contributed by atoms with E-state index in [2.05, 4.69) is 26.7 Å². The van der Waals surface area contributed by atoms with E-state index in [1.54, 1.807) is 0 Å². The number of carbonyl (C=O) groups excluding carboxylic acids is 1. The minimum absolute atomic E-state index is 0.257. The largest absolute Gasteiger partial charge is 0.372 e. The van der Waals surface area contributed by atoms with Crippen LogP contribution in [0, 0.1) is 0 Å². The van der Waals surface area contributed by atoms with Gasteiger partial charge in [-0.15, -0.1) is 0 Å². The van der Waals surface area contributed by atoms with E-state index in [1.165, 1.54) is 0 Å². The van der Waals surface area contributed by atoms with Crippen molar-refractivity contribution in [3.8, 4) is 0 Å². The Morgan fingerprint density at radius 2 is 2.50 bits per heavy atom. The molecule has 1 unspecified atom stereocenters. The monoisotopic (exact) mass is 181 g/mol. The third-order valence-corrected chi connectivity index (χ3v) is 1.75. The fourth-order valence-electron chi connectivity index (χ4n) is 0.240. The van der Waals surface area contributed by atoms with Crippen LogP contribution in [0.1, 0.15) is 13.3 Å². The molecule has 0 fully saturated rings. The van der Waals surface area contributed by atoms with Crippen LogP contribution < -0.4 is 5.90 Å². The molecule has 0 aromatic rings. The molecule has 0 radical (unpaired) electrons. The van der Waals surface area contributed by atoms with Gasteiger partial charge in [0, 0.05) is 0 Å². The Bertz CT molecular complexity index is 86.1. The van der Waals surface area contributed by atoms with E-state index < -0.39 is 5.97 Å². The Balaban J connectivity index is 3.46. The van der Waals surface area contributed by atoms with Gasteiger partial charge in [0.2, 0.25) is 0 Å². The quantitative estimate of drug-likeness (QED) is 0.501. The van der Waals surface area contributed by atoms with Crippen LogP contribution in [0.15, 0.2) is 0 Å². The molecule has 0 spiro atoms. The molecule has 0 bridgehead atoms. The van der Waals surface area contributed by atoms with Crippen LogP contribution in [-0.4, -0.2) is 10.8 Å². The summed E-state index contributed by atoms with van der Waals surface area (Å²) in [7, 11) is 0. The average Bonchev–Trinajstić information content (AvgIpc) is 1.84. The van der Waals surface area contributed by atoms with Gasteiger partial charge in [0.1, 0.15) is 4.83 Å². The summed E-state index contributed by atoms with van der Waals surface area (Å²) >= 11 is 3.05. The second-order valence-electron chi connectivity index (χ2n) is 1.31. The minimum Gasteiger partial charge on any atom is -0.372 e. The van der Waals surface area contributed by atoms with Crippen molar-refractivity contribution in [2.75, 3.05) is 0 Å². The topological polar surface area (TPSA) is 52.3 Å². The van der Waals surface area contributed by atoms with Crippen LogP contribution in [0.4, 0.5) is 0 Å². The highest BCUT2D eigenvalue weighted by molar-refractivity contribution is 9.10. The maximum absolute atomic E-state index is 10.3. The first kappa shape index (κ1) is 7.91. The molecule has 8 heavy (non-hydrogen) atoms. The molecule has 0 heterocycles. The van der Waals surface area contributed by atoms with Crippen LogP contribution in [0.5, 0.6) is 0 Å². The summed E-state index contributed by atoms with van der Waals surface area (Å²) < 4.78 is 0. The molecule has 0 aliphatic heterocycles. The third-order valence-electron chi connectivity index (χ3n) is 0.730. The summed E-state index contributed by atoms with van der Waals surface area (Å²) in [5, 5.41) is 0. The van der Waals surface area contributed by atoms with Crippen LogP contribution in [0.25, 0.3) is 0 Å². The van der Waals surface area contributed by atoms with Gasteiger partial charge in [0.25, 0.3) is 0 Å². The summed E-state index contributed by atoms with van der Waals surface area (Å²) in [6, 6.07) is 0. The molecule has 1 atom stereocenters. The molecule has 0 rings (SSSR count). The molecule has 0 amide bonds. The lowest BCUT2D eigenvalue weighted by Gasteiger charge is -1.99. The Kier molecular flexibility index (Phi) is 3.81. The second-order valence-corrected chi connectivity index (χ2v) is 2.42. The highest BCUT2D eigenvalue weighted by Crippen LogP contribution is 2.04. The Morgan fingerprint density at radius 3 is 2.62 bits per heavy atom. The van der Waals surface area contributed by atoms with E-state index in [4.69, 9.17) is 0 Å². The lowest BCUT2D eigenvalue weighted by Crippen LogP contribution is -2.19. The number of alkyl halides is 1. The Morgan fingerprint density at radius 1 is 2.00 bits per heavy atom. The molecular formula is C4H8BrNO2. The number of hydrogen-bond acceptors (Lipinski definition) is 3. The van der Waals surface area contributed by atoms with Crippen molar-refractivity contribution in [3.63, 3.8) is 0 Å². The number of hydrogen-bond donors (Lipinski definition) is 1. The van der Waals surface area contributed by atoms with Crippen molar-refractivity contribution in [3.05, 3.63) is 0 Å². The van der Waals surface area contributed by atoms with Crippen molar-refractivity contribution in [1.82, 2.24) is 0 Å². The van der Waals surface area contributed by atoms with E-state index in [9.17, 15) is 4.79 Å². The van der Waals surface area contributed by atoms with E-state index in [-0.39, 0.29) is 4.83 Å². The van der Waals surface area contributed by atoms with Crippen molar-refractivity contribution in [1.29, 1.82) is 0 Å². The summed E-state index contributed by atoms with van der Waals surface area (Å²) in [6.45, 7) is 1.86. The summed E-state index contributed by atoms with van der Waals surface area (Å²) in [5.41, 5.74) is 0. The molecule has 4 heteroatoms. The summed E-state index contributed by atoms with van der Waals surface area (Å²) in [4.78, 5) is 14.0. The molecular weight excluding hydrogens is 174 g/mol. The zero-order valence-corrected chi connectivity index (χ0v) is 6.14. The normalized spacial score (nSPS) is 12.9. The maximum Gasteiger partial charge on any atom is 0.338 e. The van der Waals surface area contributed by atoms with Gasteiger partial charge in [-0.25, -0.2) is 4.79 Å². The summed E-state index contributed by atoms with van der Waals surface area (Å²) in [6.07, 6.45) is 0.691. The first-order valence-electron chi connectivity index (χ1n) is 2.27. The SMILES string of the molecule is CCC(Br)C(=O)ON. The lowest BCUT2D eigenvalue weighted by molar-refractivity contribution is -0.143. The third kappa shape index (κ3) is 2.28. The van der Waals surface area contributed by atoms with E-state index in [0.717, 1.165) is 0 Å². The van der Waals surface area contributed by atoms with Crippen LogP contribution >= 0.6 is 15.9 Å². The van der Waals surface area contributed by atoms with Crippen molar-refractivity contribution < 1.29 is 9.63 Å². The van der Waals surface area contributed by atoms with Gasteiger partial charge in [0.15, 0.2) is 0 Å².